The van der Waals surface area contributed by atoms with Crippen LogP contribution in [-0.4, -0.2) is 172 Å². The molecule has 0 fully saturated rings. The Morgan fingerprint density at radius 1 is 0.652 bits per heavy atom. The Hall–Kier alpha value is -4.74. The van der Waals surface area contributed by atoms with Crippen molar-refractivity contribution in [3.8, 4) is 0 Å². The predicted molar refractivity (Wildman–Crippen MR) is 246 cm³/mol. The molecular formula is C45H70N8O13. The number of H-pyrrole nitrogens is 1. The van der Waals surface area contributed by atoms with Gasteiger partial charge in [0.1, 0.15) is 12.1 Å². The summed E-state index contributed by atoms with van der Waals surface area (Å²) in [6, 6.07) is 12.6. The first-order valence-electron chi connectivity index (χ1n) is 22.5. The molecule has 0 saturated heterocycles. The van der Waals surface area contributed by atoms with Gasteiger partial charge in [-0.3, -0.25) is 14.4 Å². The summed E-state index contributed by atoms with van der Waals surface area (Å²) >= 11 is 0. The minimum atomic E-state index is -0.976. The summed E-state index contributed by atoms with van der Waals surface area (Å²) in [4.78, 5) is 46.3. The van der Waals surface area contributed by atoms with E-state index >= 15 is 0 Å². The number of rotatable bonds is 42. The van der Waals surface area contributed by atoms with E-state index in [1.807, 2.05) is 30.5 Å². The number of hydrogen-bond donors (Lipinski definition) is 6. The SMILES string of the molecule is [N-]=[N+]=NCCOCCOCCOCCOCCOCCOCCOCCOCCOCCC(=O)N[C@@H](Cc1c[nH]c2ccccc12)C(=O)N[C@@H](CCCCN)C(=O)Nc1ccc(CO)cc1. The van der Waals surface area contributed by atoms with Gasteiger partial charge in [-0.25, -0.2) is 0 Å². The molecule has 2 atom stereocenters. The van der Waals surface area contributed by atoms with E-state index in [4.69, 9.17) is 53.9 Å². The number of aromatic nitrogens is 1. The number of amides is 3. The van der Waals surface area contributed by atoms with Crippen molar-refractivity contribution in [2.24, 2.45) is 10.8 Å². The van der Waals surface area contributed by atoms with Crippen molar-refractivity contribution in [3.05, 3.63) is 76.3 Å². The summed E-state index contributed by atoms with van der Waals surface area (Å²) in [6.45, 7) is 7.83. The van der Waals surface area contributed by atoms with Crippen LogP contribution in [0.15, 0.2) is 59.8 Å². The summed E-state index contributed by atoms with van der Waals surface area (Å²) < 4.78 is 49.2. The zero-order valence-corrected chi connectivity index (χ0v) is 38.0. The maximum Gasteiger partial charge on any atom is 0.246 e. The van der Waals surface area contributed by atoms with Gasteiger partial charge in [-0.05, 0) is 60.7 Å². The topological polar surface area (TPSA) is 281 Å². The molecule has 0 unspecified atom stereocenters. The monoisotopic (exact) mass is 931 g/mol. The fraction of sp³-hybridized carbons (Fsp3) is 0.622. The number of para-hydroxylation sites is 1. The van der Waals surface area contributed by atoms with E-state index in [0.29, 0.717) is 149 Å². The Morgan fingerprint density at radius 2 is 1.17 bits per heavy atom. The summed E-state index contributed by atoms with van der Waals surface area (Å²) in [7, 11) is 0. The molecule has 21 heteroatoms. The average molecular weight is 931 g/mol. The van der Waals surface area contributed by atoms with Crippen molar-refractivity contribution in [2.45, 2.75) is 50.8 Å². The van der Waals surface area contributed by atoms with E-state index in [-0.39, 0.29) is 38.6 Å². The number of benzene rings is 2. The minimum Gasteiger partial charge on any atom is -0.392 e. The number of nitrogens with one attached hydrogen (secondary N) is 4. The number of aliphatic hydroxyl groups excluding tert-OH is 1. The lowest BCUT2D eigenvalue weighted by molar-refractivity contribution is -0.131. The molecule has 1 heterocycles. The van der Waals surface area contributed by atoms with Gasteiger partial charge >= 0.3 is 0 Å². The molecule has 0 radical (unpaired) electrons. The third-order valence-electron chi connectivity index (χ3n) is 9.58. The lowest BCUT2D eigenvalue weighted by Gasteiger charge is -2.23. The van der Waals surface area contributed by atoms with Crippen molar-refractivity contribution in [1.29, 1.82) is 0 Å². The van der Waals surface area contributed by atoms with E-state index in [0.717, 1.165) is 16.5 Å². The lowest BCUT2D eigenvalue weighted by Crippen LogP contribution is -2.53. The molecular weight excluding hydrogens is 861 g/mol. The molecule has 3 rings (SSSR count). The van der Waals surface area contributed by atoms with Gasteiger partial charge in [0.25, 0.3) is 0 Å². The lowest BCUT2D eigenvalue weighted by atomic mass is 10.0. The van der Waals surface area contributed by atoms with Crippen LogP contribution in [0.1, 0.15) is 36.8 Å². The molecule has 0 aliphatic carbocycles. The highest BCUT2D eigenvalue weighted by Crippen LogP contribution is 2.20. The van der Waals surface area contributed by atoms with E-state index in [1.54, 1.807) is 24.3 Å². The fourth-order valence-electron chi connectivity index (χ4n) is 6.13. The molecule has 3 amide bonds. The van der Waals surface area contributed by atoms with Gasteiger partial charge in [-0.1, -0.05) is 35.4 Å². The van der Waals surface area contributed by atoms with Crippen LogP contribution in [0.4, 0.5) is 5.69 Å². The van der Waals surface area contributed by atoms with E-state index in [2.05, 4.69) is 31.0 Å². The quantitative estimate of drug-likeness (QED) is 0.0206. The third kappa shape index (κ3) is 25.8. The van der Waals surface area contributed by atoms with Gasteiger partial charge in [0, 0.05) is 47.1 Å². The molecule has 1 aromatic heterocycles. The molecule has 0 saturated carbocycles. The Morgan fingerprint density at radius 3 is 1.68 bits per heavy atom. The second kappa shape index (κ2) is 37.4. The highest BCUT2D eigenvalue weighted by molar-refractivity contribution is 5.98. The van der Waals surface area contributed by atoms with Crippen LogP contribution in [0.5, 0.6) is 0 Å². The van der Waals surface area contributed by atoms with Crippen LogP contribution < -0.4 is 21.7 Å². The van der Waals surface area contributed by atoms with Crippen LogP contribution >= 0.6 is 0 Å². The van der Waals surface area contributed by atoms with Crippen LogP contribution in [0, 0.1) is 0 Å². The average Bonchev–Trinajstić information content (AvgIpc) is 3.74. The molecule has 0 aliphatic rings. The number of fused-ring (bicyclic) bond motifs is 1. The number of carbonyl (C=O) groups is 3. The summed E-state index contributed by atoms with van der Waals surface area (Å²) in [5.41, 5.74) is 16.9. The maximum atomic E-state index is 13.9. The zero-order chi connectivity index (χ0) is 47.1. The fourth-order valence-corrected chi connectivity index (χ4v) is 6.13. The molecule has 0 aliphatic heterocycles. The van der Waals surface area contributed by atoms with Gasteiger partial charge in [0.05, 0.1) is 126 Å². The van der Waals surface area contributed by atoms with Crippen molar-refractivity contribution in [1.82, 2.24) is 15.6 Å². The normalized spacial score (nSPS) is 12.2. The Balaban J connectivity index is 1.22. The maximum absolute atomic E-state index is 13.9. The summed E-state index contributed by atoms with van der Waals surface area (Å²) in [6.07, 6.45) is 3.65. The van der Waals surface area contributed by atoms with Gasteiger partial charge in [-0.2, -0.15) is 0 Å². The van der Waals surface area contributed by atoms with Gasteiger partial charge in [0.15, 0.2) is 0 Å². The number of ether oxygens (including phenoxy) is 9. The molecule has 368 valence electrons. The summed E-state index contributed by atoms with van der Waals surface area (Å²) in [5.74, 6) is -1.27. The molecule has 0 bridgehead atoms. The van der Waals surface area contributed by atoms with Gasteiger partial charge in [-0.15, -0.1) is 0 Å². The van der Waals surface area contributed by atoms with Crippen molar-refractivity contribution in [3.63, 3.8) is 0 Å². The Labute approximate surface area is 386 Å². The van der Waals surface area contributed by atoms with Crippen LogP contribution in [0.2, 0.25) is 0 Å². The number of aromatic amines is 1. The molecule has 7 N–H and O–H groups in total. The highest BCUT2D eigenvalue weighted by Gasteiger charge is 2.28. The predicted octanol–water partition coefficient (Wildman–Crippen LogP) is 2.79. The van der Waals surface area contributed by atoms with Crippen molar-refractivity contribution < 1.29 is 62.1 Å². The molecule has 21 nitrogen and oxygen atoms in total. The Bertz CT molecular complexity index is 1780. The van der Waals surface area contributed by atoms with Crippen LogP contribution in [-0.2, 0) is 70.0 Å². The number of aliphatic hydroxyl groups is 1. The number of unbranched alkanes of at least 4 members (excludes halogenated alkanes) is 1. The number of anilines is 1. The van der Waals surface area contributed by atoms with Crippen LogP contribution in [0.3, 0.4) is 0 Å². The van der Waals surface area contributed by atoms with Gasteiger partial charge < -0.3 is 74.4 Å². The van der Waals surface area contributed by atoms with Gasteiger partial charge in [0.2, 0.25) is 17.7 Å². The summed E-state index contributed by atoms with van der Waals surface area (Å²) in [5, 5.41) is 22.3. The molecule has 3 aromatic rings. The second-order valence-electron chi connectivity index (χ2n) is 14.6. The van der Waals surface area contributed by atoms with Crippen molar-refractivity contribution in [2.75, 3.05) is 137 Å². The first-order chi connectivity index (χ1) is 32.4. The molecule has 0 spiro atoms. The smallest absolute Gasteiger partial charge is 0.246 e. The number of hydrogen-bond acceptors (Lipinski definition) is 15. The van der Waals surface area contributed by atoms with Crippen molar-refractivity contribution >= 4 is 34.3 Å². The minimum absolute atomic E-state index is 0.0132. The number of nitrogens with zero attached hydrogens (tertiary/aromatic N) is 3. The van der Waals surface area contributed by atoms with E-state index in [1.165, 1.54) is 0 Å². The highest BCUT2D eigenvalue weighted by atomic mass is 16.6. The Kier molecular flexibility index (Phi) is 31.5. The van der Waals surface area contributed by atoms with E-state index in [9.17, 15) is 19.5 Å². The van der Waals surface area contributed by atoms with E-state index < -0.39 is 23.9 Å². The zero-order valence-electron chi connectivity index (χ0n) is 38.0. The first-order valence-corrected chi connectivity index (χ1v) is 22.5. The number of carbonyl (C=O) groups excluding carboxylic acids is 3. The number of nitrogens with two attached hydrogens (primary N) is 1. The number of azide groups is 1. The molecule has 66 heavy (non-hydrogen) atoms. The second-order valence-corrected chi connectivity index (χ2v) is 14.6. The van der Waals surface area contributed by atoms with Crippen LogP contribution in [0.25, 0.3) is 21.3 Å². The largest absolute Gasteiger partial charge is 0.392 e. The third-order valence-corrected chi connectivity index (χ3v) is 9.58. The standard InChI is InChI=1S/C45H70N8O13/c46-13-4-3-7-41(44(56)50-38-10-8-36(35-54)9-11-38)52-45(57)42(33-37-34-48-40-6-2-1-5-39(37)40)51-43(55)12-15-58-17-19-60-21-23-62-25-27-64-29-31-66-32-30-65-28-26-63-24-22-61-20-18-59-16-14-49-53-47/h1-2,5-6,8-11,34,41-42,48,54H,3-4,7,12-33,35,46H2,(H,50,56)(H,51,55)(H,52,57)/t41-,42-/m0/s1. The first kappa shape index (κ1) is 55.6. The molecule has 2 aromatic carbocycles.